The van der Waals surface area contributed by atoms with Gasteiger partial charge in [0, 0.05) is 49.1 Å². The number of benzene rings is 2. The molecule has 37 heavy (non-hydrogen) atoms. The number of esters is 2. The van der Waals surface area contributed by atoms with Crippen LogP contribution in [0.15, 0.2) is 70.9 Å². The van der Waals surface area contributed by atoms with Crippen LogP contribution in [0.2, 0.25) is 0 Å². The van der Waals surface area contributed by atoms with E-state index in [2.05, 4.69) is 22.0 Å². The Morgan fingerprint density at radius 1 is 1.08 bits per heavy atom. The molecule has 1 fully saturated rings. The lowest BCUT2D eigenvalue weighted by Gasteiger charge is -2.34. The number of rotatable bonds is 7. The second-order valence-electron chi connectivity index (χ2n) is 9.45. The van der Waals surface area contributed by atoms with Gasteiger partial charge in [-0.15, -0.1) is 0 Å². The highest BCUT2D eigenvalue weighted by atomic mass is 16.6. The molecule has 0 radical (unpaired) electrons. The lowest BCUT2D eigenvalue weighted by atomic mass is 9.75. The second-order valence-corrected chi connectivity index (χ2v) is 9.45. The van der Waals surface area contributed by atoms with Gasteiger partial charge < -0.3 is 9.47 Å². The Labute approximate surface area is 215 Å². The number of carbonyl (C=O) groups excluding carboxylic acids is 2. The first-order valence-corrected chi connectivity index (χ1v) is 12.3. The summed E-state index contributed by atoms with van der Waals surface area (Å²) in [6, 6.07) is 16.2. The number of allylic oxidation sites excluding steroid dienone is 1. The van der Waals surface area contributed by atoms with Gasteiger partial charge in [-0.2, -0.15) is 0 Å². The van der Waals surface area contributed by atoms with E-state index in [4.69, 9.17) is 9.47 Å². The molecule has 0 N–H and O–H groups in total. The third-order valence-corrected chi connectivity index (χ3v) is 7.00. The summed E-state index contributed by atoms with van der Waals surface area (Å²) >= 11 is 0. The summed E-state index contributed by atoms with van der Waals surface area (Å²) in [4.78, 5) is 44.1. The zero-order chi connectivity index (χ0) is 26.5. The Kier molecular flexibility index (Phi) is 8.13. The Morgan fingerprint density at radius 3 is 2.43 bits per heavy atom. The topological polar surface area (TPSA) is 111 Å². The van der Waals surface area contributed by atoms with Gasteiger partial charge in [0.25, 0.3) is 5.69 Å². The molecule has 0 spiro atoms. The van der Waals surface area contributed by atoms with Crippen LogP contribution in [0.25, 0.3) is 0 Å². The fourth-order valence-corrected chi connectivity index (χ4v) is 5.17. The summed E-state index contributed by atoms with van der Waals surface area (Å²) in [7, 11) is 1.27. The quantitative estimate of drug-likeness (QED) is 0.311. The van der Waals surface area contributed by atoms with Crippen LogP contribution in [0, 0.1) is 16.0 Å². The normalized spacial score (nSPS) is 20.8. The van der Waals surface area contributed by atoms with Gasteiger partial charge in [-0.05, 0) is 37.8 Å². The number of carbonyl (C=O) groups is 2. The summed E-state index contributed by atoms with van der Waals surface area (Å²) in [5.74, 6) is -2.83. The molecule has 2 heterocycles. The maximum atomic E-state index is 13.6. The Hall–Kier alpha value is -3.85. The highest BCUT2D eigenvalue weighted by Crippen LogP contribution is 2.41. The first kappa shape index (κ1) is 26.2. The maximum absolute atomic E-state index is 13.6. The van der Waals surface area contributed by atoms with Gasteiger partial charge in [-0.3, -0.25) is 24.8 Å². The average molecular weight is 506 g/mol. The first-order chi connectivity index (χ1) is 17.8. The molecule has 0 saturated carbocycles. The van der Waals surface area contributed by atoms with Gasteiger partial charge in [0.05, 0.1) is 17.6 Å². The van der Waals surface area contributed by atoms with Crippen molar-refractivity contribution in [3.63, 3.8) is 0 Å². The van der Waals surface area contributed by atoms with E-state index in [-0.39, 0.29) is 17.4 Å². The maximum Gasteiger partial charge on any atom is 0.336 e. The van der Waals surface area contributed by atoms with Crippen molar-refractivity contribution in [1.29, 1.82) is 0 Å². The second kappa shape index (κ2) is 11.5. The highest BCUT2D eigenvalue weighted by Gasteiger charge is 2.43. The van der Waals surface area contributed by atoms with E-state index in [1.54, 1.807) is 26.0 Å². The zero-order valence-corrected chi connectivity index (χ0v) is 21.3. The highest BCUT2D eigenvalue weighted by molar-refractivity contribution is 6.07. The van der Waals surface area contributed by atoms with Gasteiger partial charge in [-0.1, -0.05) is 42.5 Å². The number of ether oxygens (including phenoxy) is 2. The summed E-state index contributed by atoms with van der Waals surface area (Å²) < 4.78 is 11.0. The number of hydrogen-bond donors (Lipinski definition) is 0. The Bertz CT molecular complexity index is 1230. The van der Waals surface area contributed by atoms with Crippen molar-refractivity contribution in [2.24, 2.45) is 10.9 Å². The molecular formula is C28H31N3O6. The van der Waals surface area contributed by atoms with Gasteiger partial charge in [0.2, 0.25) is 0 Å². The number of piperidine rings is 1. The van der Waals surface area contributed by atoms with E-state index in [1.807, 2.05) is 18.2 Å². The van der Waals surface area contributed by atoms with Crippen molar-refractivity contribution in [2.75, 3.05) is 20.2 Å². The Balaban J connectivity index is 1.55. The molecule has 2 aromatic rings. The minimum Gasteiger partial charge on any atom is -0.468 e. The molecule has 194 valence electrons. The number of hydrogen-bond acceptors (Lipinski definition) is 8. The van der Waals surface area contributed by atoms with Crippen LogP contribution in [0.3, 0.4) is 0 Å². The summed E-state index contributed by atoms with van der Waals surface area (Å²) in [5, 5.41) is 11.4. The molecule has 0 amide bonds. The van der Waals surface area contributed by atoms with E-state index in [0.717, 1.165) is 19.6 Å². The summed E-state index contributed by atoms with van der Waals surface area (Å²) in [6.45, 7) is 5.82. The minimum atomic E-state index is -0.897. The number of nitrogens with zero attached hydrogens (tertiary/aromatic N) is 3. The van der Waals surface area contributed by atoms with Crippen LogP contribution in [-0.2, 0) is 25.6 Å². The number of nitro benzene ring substituents is 1. The molecule has 1 saturated heterocycles. The van der Waals surface area contributed by atoms with Crippen LogP contribution in [0.4, 0.5) is 5.69 Å². The zero-order valence-electron chi connectivity index (χ0n) is 21.3. The predicted octanol–water partition coefficient (Wildman–Crippen LogP) is 4.42. The monoisotopic (exact) mass is 505 g/mol. The standard InChI is InChI=1S/C28H31N3O6/c1-18-24(27(32)36-3)26(21-10-7-11-22(16-21)31(34)35)25(19(2)29-18)28(33)37-23-12-14-30(15-13-23)17-20-8-5-4-6-9-20/h4-11,16,23-24,26H,12-15,17H2,1-3H3. The lowest BCUT2D eigenvalue weighted by Crippen LogP contribution is -2.39. The SMILES string of the molecule is COC(=O)C1C(C)=NC(C)=C(C(=O)OC2CCN(Cc3ccccc3)CC2)C1c1cccc([N+](=O)[O-])c1. The van der Waals surface area contributed by atoms with Crippen LogP contribution in [-0.4, -0.2) is 53.8 Å². The molecule has 0 aliphatic carbocycles. The van der Waals surface area contributed by atoms with Crippen LogP contribution >= 0.6 is 0 Å². The van der Waals surface area contributed by atoms with Gasteiger partial charge in [0.15, 0.2) is 0 Å². The van der Waals surface area contributed by atoms with Crippen molar-refractivity contribution in [1.82, 2.24) is 4.90 Å². The van der Waals surface area contributed by atoms with Crippen molar-refractivity contribution < 1.29 is 24.0 Å². The molecule has 2 aliphatic heterocycles. The number of aliphatic imine (C=N–C) groups is 1. The smallest absolute Gasteiger partial charge is 0.336 e. The van der Waals surface area contributed by atoms with Crippen molar-refractivity contribution in [3.8, 4) is 0 Å². The van der Waals surface area contributed by atoms with Crippen LogP contribution in [0.5, 0.6) is 0 Å². The summed E-state index contributed by atoms with van der Waals surface area (Å²) in [6.07, 6.45) is 1.11. The van der Waals surface area contributed by atoms with Crippen molar-refractivity contribution >= 4 is 23.3 Å². The van der Waals surface area contributed by atoms with E-state index < -0.39 is 28.7 Å². The molecule has 9 nitrogen and oxygen atoms in total. The fraction of sp³-hybridized carbons (Fsp3) is 0.393. The van der Waals surface area contributed by atoms with E-state index in [0.29, 0.717) is 29.8 Å². The molecule has 2 unspecified atom stereocenters. The van der Waals surface area contributed by atoms with Crippen LogP contribution in [0.1, 0.15) is 43.7 Å². The summed E-state index contributed by atoms with van der Waals surface area (Å²) in [5.41, 5.74) is 2.71. The largest absolute Gasteiger partial charge is 0.468 e. The van der Waals surface area contributed by atoms with E-state index >= 15 is 0 Å². The third-order valence-electron chi connectivity index (χ3n) is 7.00. The molecule has 4 rings (SSSR count). The average Bonchev–Trinajstić information content (AvgIpc) is 2.89. The van der Waals surface area contributed by atoms with Crippen molar-refractivity contribution in [3.05, 3.63) is 87.1 Å². The first-order valence-electron chi connectivity index (χ1n) is 12.3. The fourth-order valence-electron chi connectivity index (χ4n) is 5.17. The number of methoxy groups -OCH3 is 1. The Morgan fingerprint density at radius 2 is 1.78 bits per heavy atom. The number of nitro groups is 1. The molecule has 9 heteroatoms. The molecule has 2 atom stereocenters. The van der Waals surface area contributed by atoms with E-state index in [1.165, 1.54) is 24.8 Å². The number of non-ortho nitro benzene ring substituents is 1. The third kappa shape index (κ3) is 5.94. The van der Waals surface area contributed by atoms with Gasteiger partial charge in [0.1, 0.15) is 12.0 Å². The predicted molar refractivity (Wildman–Crippen MR) is 138 cm³/mol. The van der Waals surface area contributed by atoms with Gasteiger partial charge in [-0.25, -0.2) is 4.79 Å². The van der Waals surface area contributed by atoms with Crippen LogP contribution < -0.4 is 0 Å². The van der Waals surface area contributed by atoms with Gasteiger partial charge >= 0.3 is 11.9 Å². The van der Waals surface area contributed by atoms with E-state index in [9.17, 15) is 19.7 Å². The molecule has 0 bridgehead atoms. The molecule has 2 aromatic carbocycles. The van der Waals surface area contributed by atoms with Crippen molar-refractivity contribution in [2.45, 2.75) is 45.3 Å². The molecule has 2 aliphatic rings. The molecular weight excluding hydrogens is 474 g/mol. The lowest BCUT2D eigenvalue weighted by molar-refractivity contribution is -0.384. The molecule has 0 aromatic heterocycles. The minimum absolute atomic E-state index is 0.127. The number of likely N-dealkylation sites (tertiary alicyclic amines) is 1.